The van der Waals surface area contributed by atoms with Crippen molar-refractivity contribution >= 4 is 11.8 Å². The van der Waals surface area contributed by atoms with E-state index in [1.165, 1.54) is 19.3 Å². The average molecular weight is 429 g/mol. The molecule has 1 aromatic carbocycles. The van der Waals surface area contributed by atoms with Gasteiger partial charge in [0.2, 0.25) is 18.6 Å². The molecule has 0 aromatic heterocycles. The lowest BCUT2D eigenvalue weighted by molar-refractivity contribution is -0.136. The molecule has 31 heavy (non-hydrogen) atoms. The first-order valence-corrected chi connectivity index (χ1v) is 11.6. The zero-order valence-corrected chi connectivity index (χ0v) is 18.1. The molecule has 0 spiro atoms. The van der Waals surface area contributed by atoms with E-state index < -0.39 is 0 Å². The Kier molecular flexibility index (Phi) is 6.00. The molecule has 3 fully saturated rings. The predicted octanol–water partition coefficient (Wildman–Crippen LogP) is 0.799. The first-order chi connectivity index (χ1) is 15.2. The second-order valence-electron chi connectivity index (χ2n) is 9.02. The summed E-state index contributed by atoms with van der Waals surface area (Å²) in [7, 11) is 0. The molecule has 3 aliphatic heterocycles. The van der Waals surface area contributed by atoms with Crippen LogP contribution in [-0.2, 0) is 16.0 Å². The monoisotopic (exact) mass is 428 g/mol. The molecule has 0 radical (unpaired) electrons. The maximum Gasteiger partial charge on any atom is 0.236 e. The first kappa shape index (κ1) is 20.6. The molecular formula is C23H32N4O4. The molecule has 168 valence electrons. The molecule has 1 saturated carbocycles. The summed E-state index contributed by atoms with van der Waals surface area (Å²) in [6.07, 6.45) is 4.37. The second kappa shape index (κ2) is 9.04. The molecule has 1 aliphatic carbocycles. The van der Waals surface area contributed by atoms with Crippen LogP contribution in [-0.4, -0.2) is 103 Å². The Morgan fingerprint density at radius 2 is 1.52 bits per heavy atom. The Morgan fingerprint density at radius 1 is 0.839 bits per heavy atom. The quantitative estimate of drug-likeness (QED) is 0.691. The number of rotatable bonds is 5. The number of ether oxygens (including phenoxy) is 2. The third kappa shape index (κ3) is 4.65. The van der Waals surface area contributed by atoms with E-state index in [0.29, 0.717) is 31.8 Å². The number of carbonyl (C=O) groups is 2. The SMILES string of the molecule is O=C(Cc1ccc2c(c1)OCO2)N1CCN(CC(=O)N2CCN(C3CCC3)CC2)CC1. The van der Waals surface area contributed by atoms with Gasteiger partial charge in [-0.3, -0.25) is 19.4 Å². The van der Waals surface area contributed by atoms with E-state index >= 15 is 0 Å². The van der Waals surface area contributed by atoms with Gasteiger partial charge in [-0.2, -0.15) is 0 Å². The third-order valence-corrected chi connectivity index (χ3v) is 7.13. The van der Waals surface area contributed by atoms with Crippen LogP contribution in [0.2, 0.25) is 0 Å². The number of carbonyl (C=O) groups excluding carboxylic acids is 2. The van der Waals surface area contributed by atoms with Crippen molar-refractivity contribution in [1.29, 1.82) is 0 Å². The van der Waals surface area contributed by atoms with Gasteiger partial charge >= 0.3 is 0 Å². The minimum Gasteiger partial charge on any atom is -0.454 e. The van der Waals surface area contributed by atoms with E-state index in [0.717, 1.165) is 56.6 Å². The van der Waals surface area contributed by atoms with Crippen molar-refractivity contribution in [2.24, 2.45) is 0 Å². The average Bonchev–Trinajstić information content (AvgIpc) is 3.21. The molecule has 0 unspecified atom stereocenters. The van der Waals surface area contributed by atoms with Crippen molar-refractivity contribution in [3.05, 3.63) is 23.8 Å². The molecule has 2 saturated heterocycles. The normalized spacial score (nSPS) is 22.5. The highest BCUT2D eigenvalue weighted by atomic mass is 16.7. The zero-order valence-electron chi connectivity index (χ0n) is 18.1. The molecule has 5 rings (SSSR count). The van der Waals surface area contributed by atoms with Crippen LogP contribution < -0.4 is 9.47 Å². The lowest BCUT2D eigenvalue weighted by atomic mass is 9.91. The highest BCUT2D eigenvalue weighted by Crippen LogP contribution is 2.32. The number of nitrogens with zero attached hydrogens (tertiary/aromatic N) is 4. The summed E-state index contributed by atoms with van der Waals surface area (Å²) in [6.45, 7) is 7.28. The van der Waals surface area contributed by atoms with Crippen LogP contribution in [0.1, 0.15) is 24.8 Å². The van der Waals surface area contributed by atoms with Gasteiger partial charge in [0.05, 0.1) is 13.0 Å². The Hall–Kier alpha value is -2.32. The van der Waals surface area contributed by atoms with Crippen molar-refractivity contribution in [3.8, 4) is 11.5 Å². The van der Waals surface area contributed by atoms with E-state index in [9.17, 15) is 9.59 Å². The Morgan fingerprint density at radius 3 is 2.23 bits per heavy atom. The van der Waals surface area contributed by atoms with Crippen molar-refractivity contribution in [3.63, 3.8) is 0 Å². The Bertz CT molecular complexity index is 812. The van der Waals surface area contributed by atoms with Gasteiger partial charge in [-0.05, 0) is 30.5 Å². The highest BCUT2D eigenvalue weighted by Gasteiger charge is 2.30. The molecule has 4 aliphatic rings. The largest absolute Gasteiger partial charge is 0.454 e. The van der Waals surface area contributed by atoms with Crippen molar-refractivity contribution in [1.82, 2.24) is 19.6 Å². The van der Waals surface area contributed by atoms with Crippen LogP contribution in [0.5, 0.6) is 11.5 Å². The Labute approximate surface area is 183 Å². The van der Waals surface area contributed by atoms with Crippen LogP contribution in [0.25, 0.3) is 0 Å². The van der Waals surface area contributed by atoms with Crippen LogP contribution >= 0.6 is 0 Å². The van der Waals surface area contributed by atoms with Crippen LogP contribution in [0.4, 0.5) is 0 Å². The number of hydrogen-bond acceptors (Lipinski definition) is 6. The van der Waals surface area contributed by atoms with Crippen molar-refractivity contribution in [2.45, 2.75) is 31.7 Å². The summed E-state index contributed by atoms with van der Waals surface area (Å²) in [5, 5.41) is 0. The summed E-state index contributed by atoms with van der Waals surface area (Å²) in [5.41, 5.74) is 0.938. The van der Waals surface area contributed by atoms with Crippen LogP contribution in [0.15, 0.2) is 18.2 Å². The predicted molar refractivity (Wildman–Crippen MR) is 115 cm³/mol. The summed E-state index contributed by atoms with van der Waals surface area (Å²) < 4.78 is 10.7. The molecule has 0 N–H and O–H groups in total. The maximum absolute atomic E-state index is 12.7. The molecule has 1 aromatic rings. The molecular weight excluding hydrogens is 396 g/mol. The molecule has 0 bridgehead atoms. The van der Waals surface area contributed by atoms with Gasteiger partial charge < -0.3 is 19.3 Å². The molecule has 3 heterocycles. The first-order valence-electron chi connectivity index (χ1n) is 11.6. The summed E-state index contributed by atoms with van der Waals surface area (Å²) in [6, 6.07) is 6.44. The Balaban J connectivity index is 1.04. The number of benzene rings is 1. The number of fused-ring (bicyclic) bond motifs is 1. The lowest BCUT2D eigenvalue weighted by Gasteiger charge is -2.43. The van der Waals surface area contributed by atoms with Gasteiger partial charge in [0, 0.05) is 58.4 Å². The zero-order chi connectivity index (χ0) is 21.2. The number of piperazine rings is 2. The second-order valence-corrected chi connectivity index (χ2v) is 9.02. The maximum atomic E-state index is 12.7. The van der Waals surface area contributed by atoms with E-state index in [4.69, 9.17) is 9.47 Å². The van der Waals surface area contributed by atoms with Crippen LogP contribution in [0, 0.1) is 0 Å². The number of hydrogen-bond donors (Lipinski definition) is 0. The summed E-state index contributed by atoms with van der Waals surface area (Å²) in [5.74, 6) is 1.80. The van der Waals surface area contributed by atoms with Gasteiger partial charge in [0.25, 0.3) is 0 Å². The van der Waals surface area contributed by atoms with Crippen molar-refractivity contribution in [2.75, 3.05) is 65.7 Å². The number of amides is 2. The topological polar surface area (TPSA) is 65.6 Å². The van der Waals surface area contributed by atoms with E-state index in [1.807, 2.05) is 28.0 Å². The van der Waals surface area contributed by atoms with Crippen molar-refractivity contribution < 1.29 is 19.1 Å². The third-order valence-electron chi connectivity index (χ3n) is 7.13. The van der Waals surface area contributed by atoms with E-state index in [1.54, 1.807) is 0 Å². The smallest absolute Gasteiger partial charge is 0.236 e. The lowest BCUT2D eigenvalue weighted by Crippen LogP contribution is -2.56. The van der Waals surface area contributed by atoms with Gasteiger partial charge in [0.1, 0.15) is 0 Å². The van der Waals surface area contributed by atoms with E-state index in [2.05, 4.69) is 9.80 Å². The van der Waals surface area contributed by atoms with Gasteiger partial charge in [-0.25, -0.2) is 0 Å². The molecule has 2 amide bonds. The van der Waals surface area contributed by atoms with Crippen LogP contribution in [0.3, 0.4) is 0 Å². The fraction of sp³-hybridized carbons (Fsp3) is 0.652. The van der Waals surface area contributed by atoms with Gasteiger partial charge in [-0.15, -0.1) is 0 Å². The highest BCUT2D eigenvalue weighted by molar-refractivity contribution is 5.80. The van der Waals surface area contributed by atoms with E-state index in [-0.39, 0.29) is 18.6 Å². The van der Waals surface area contributed by atoms with Gasteiger partial charge in [-0.1, -0.05) is 12.5 Å². The minimum atomic E-state index is 0.122. The van der Waals surface area contributed by atoms with Gasteiger partial charge in [0.15, 0.2) is 11.5 Å². The fourth-order valence-corrected chi connectivity index (χ4v) is 4.87. The molecule has 0 atom stereocenters. The standard InChI is InChI=1S/C23H32N4O4/c28-22(15-18-4-5-20-21(14-18)31-17-30-20)26-8-6-24(7-9-26)16-23(29)27-12-10-25(11-13-27)19-2-1-3-19/h4-5,14,19H,1-3,6-13,15-17H2. The summed E-state index contributed by atoms with van der Waals surface area (Å²) >= 11 is 0. The fourth-order valence-electron chi connectivity index (χ4n) is 4.87. The molecule has 8 heteroatoms. The summed E-state index contributed by atoms with van der Waals surface area (Å²) in [4.78, 5) is 34.1. The molecule has 8 nitrogen and oxygen atoms in total. The minimum absolute atomic E-state index is 0.122.